The summed E-state index contributed by atoms with van der Waals surface area (Å²) in [5.74, 6) is 0. The molecule has 0 aliphatic carbocycles. The van der Waals surface area contributed by atoms with Crippen LogP contribution < -0.4 is 5.30 Å². The molecular weight excluding hydrogens is 283 g/mol. The maximum absolute atomic E-state index is 12.2. The van der Waals surface area contributed by atoms with Crippen LogP contribution in [0.5, 0.6) is 0 Å². The van der Waals surface area contributed by atoms with Crippen LogP contribution in [-0.4, -0.2) is 22.8 Å². The van der Waals surface area contributed by atoms with Crippen molar-refractivity contribution in [2.24, 2.45) is 0 Å². The summed E-state index contributed by atoms with van der Waals surface area (Å²) >= 11 is 0. The van der Waals surface area contributed by atoms with E-state index in [1.165, 1.54) is 25.7 Å². The van der Waals surface area contributed by atoms with Crippen LogP contribution in [0.1, 0.15) is 57.8 Å². The molecule has 0 amide bonds. The van der Waals surface area contributed by atoms with Crippen LogP contribution >= 0.6 is 7.37 Å². The third-order valence-electron chi connectivity index (χ3n) is 3.78. The molecule has 1 atom stereocenters. The Morgan fingerprint density at radius 3 is 1.76 bits per heavy atom. The van der Waals surface area contributed by atoms with Gasteiger partial charge in [0.05, 0.1) is 0 Å². The van der Waals surface area contributed by atoms with Crippen molar-refractivity contribution < 1.29 is 14.6 Å². The maximum atomic E-state index is 12.2. The third-order valence-corrected chi connectivity index (χ3v) is 5.81. The molecule has 1 rings (SSSR count). The van der Waals surface area contributed by atoms with Crippen molar-refractivity contribution in [3.63, 3.8) is 0 Å². The van der Waals surface area contributed by atoms with E-state index in [4.69, 9.17) is 5.11 Å². The summed E-state index contributed by atoms with van der Waals surface area (Å²) in [7, 11) is -3.14. The Bertz CT molecular complexity index is 406. The van der Waals surface area contributed by atoms with Gasteiger partial charge in [-0.25, -0.2) is 0 Å². The first-order valence-corrected chi connectivity index (χ1v) is 9.99. The van der Waals surface area contributed by atoms with Crippen molar-refractivity contribution >= 4 is 12.7 Å². The highest BCUT2D eigenvalue weighted by molar-refractivity contribution is 7.66. The molecule has 0 aliphatic heterocycles. The van der Waals surface area contributed by atoms with Crippen LogP contribution in [-0.2, 0) is 4.57 Å². The van der Waals surface area contributed by atoms with Crippen LogP contribution in [0, 0.1) is 0 Å². The molecule has 4 heteroatoms. The van der Waals surface area contributed by atoms with Gasteiger partial charge >= 0.3 is 0 Å². The third kappa shape index (κ3) is 8.40. The Morgan fingerprint density at radius 2 is 1.24 bits per heavy atom. The zero-order chi connectivity index (χ0) is 15.4. The molecule has 0 fully saturated rings. The van der Waals surface area contributed by atoms with E-state index in [0.29, 0.717) is 18.1 Å². The van der Waals surface area contributed by atoms with Gasteiger partial charge < -0.3 is 10.00 Å². The predicted octanol–water partition coefficient (Wildman–Crippen LogP) is 4.09. The van der Waals surface area contributed by atoms with Crippen LogP contribution in [0.4, 0.5) is 0 Å². The summed E-state index contributed by atoms with van der Waals surface area (Å²) in [6, 6.07) is 8.98. The van der Waals surface area contributed by atoms with Crippen LogP contribution in [0.15, 0.2) is 30.3 Å². The summed E-state index contributed by atoms with van der Waals surface area (Å²) in [5, 5.41) is 9.25. The van der Waals surface area contributed by atoms with Crippen molar-refractivity contribution in [3.05, 3.63) is 30.3 Å². The van der Waals surface area contributed by atoms with Crippen LogP contribution in [0.25, 0.3) is 0 Å². The Morgan fingerprint density at radius 1 is 0.762 bits per heavy atom. The average Bonchev–Trinajstić information content (AvgIpc) is 2.50. The molecule has 0 aromatic heterocycles. The normalized spacial score (nSPS) is 14.0. The highest BCUT2D eigenvalue weighted by Crippen LogP contribution is 2.40. The first-order valence-electron chi connectivity index (χ1n) is 8.15. The number of hydrogen-bond donors (Lipinski definition) is 2. The first-order chi connectivity index (χ1) is 10.2. The molecule has 0 aliphatic rings. The van der Waals surface area contributed by atoms with Gasteiger partial charge in [-0.2, -0.15) is 0 Å². The number of unbranched alkanes of at least 4 members (excludes halogenated alkanes) is 8. The van der Waals surface area contributed by atoms with E-state index < -0.39 is 7.37 Å². The minimum Gasteiger partial charge on any atom is -0.396 e. The van der Waals surface area contributed by atoms with E-state index in [0.717, 1.165) is 32.1 Å². The molecule has 0 bridgehead atoms. The molecule has 0 saturated carbocycles. The monoisotopic (exact) mass is 312 g/mol. The molecule has 21 heavy (non-hydrogen) atoms. The van der Waals surface area contributed by atoms with Crippen molar-refractivity contribution in [2.75, 3.05) is 12.8 Å². The van der Waals surface area contributed by atoms with Gasteiger partial charge in [0.15, 0.2) is 0 Å². The lowest BCUT2D eigenvalue weighted by Gasteiger charge is -2.11. The van der Waals surface area contributed by atoms with Gasteiger partial charge in [0, 0.05) is 18.1 Å². The molecule has 0 saturated heterocycles. The highest BCUT2D eigenvalue weighted by atomic mass is 31.2. The summed E-state index contributed by atoms with van der Waals surface area (Å²) in [5.41, 5.74) is 0. The highest BCUT2D eigenvalue weighted by Gasteiger charge is 2.19. The summed E-state index contributed by atoms with van der Waals surface area (Å²) < 4.78 is 12.2. The van der Waals surface area contributed by atoms with Gasteiger partial charge in [0.1, 0.15) is 0 Å². The molecule has 0 heterocycles. The molecule has 3 nitrogen and oxygen atoms in total. The van der Waals surface area contributed by atoms with E-state index in [-0.39, 0.29) is 0 Å². The predicted molar refractivity (Wildman–Crippen MR) is 89.4 cm³/mol. The Kier molecular flexibility index (Phi) is 9.65. The topological polar surface area (TPSA) is 57.5 Å². The van der Waals surface area contributed by atoms with Gasteiger partial charge in [-0.1, -0.05) is 63.1 Å². The second kappa shape index (κ2) is 11.0. The minimum absolute atomic E-state index is 0.308. The molecule has 1 aromatic carbocycles. The standard InChI is InChI=1S/C17H29O3P/c18-15-11-6-4-2-1-3-5-7-12-16-21(19,20)17-13-9-8-10-14-17/h8-10,13-14,18H,1-7,11-12,15-16H2,(H,19,20). The zero-order valence-corrected chi connectivity index (χ0v) is 13.8. The summed E-state index contributed by atoms with van der Waals surface area (Å²) in [4.78, 5) is 10.0. The van der Waals surface area contributed by atoms with E-state index in [2.05, 4.69) is 0 Å². The Balaban J connectivity index is 2.03. The fraction of sp³-hybridized carbons (Fsp3) is 0.647. The van der Waals surface area contributed by atoms with Crippen LogP contribution in [0.3, 0.4) is 0 Å². The summed E-state index contributed by atoms with van der Waals surface area (Å²) in [6.07, 6.45) is 10.3. The number of rotatable bonds is 12. The first kappa shape index (κ1) is 18.4. The largest absolute Gasteiger partial charge is 0.396 e. The fourth-order valence-corrected chi connectivity index (χ4v) is 4.01. The van der Waals surface area contributed by atoms with Gasteiger partial charge in [-0.3, -0.25) is 4.57 Å². The van der Waals surface area contributed by atoms with Crippen molar-refractivity contribution in [3.8, 4) is 0 Å². The number of aliphatic hydroxyl groups is 1. The zero-order valence-electron chi connectivity index (χ0n) is 12.9. The number of benzene rings is 1. The lowest BCUT2D eigenvalue weighted by molar-refractivity contribution is 0.282. The lowest BCUT2D eigenvalue weighted by atomic mass is 10.1. The minimum atomic E-state index is -3.14. The smallest absolute Gasteiger partial charge is 0.229 e. The van der Waals surface area contributed by atoms with Gasteiger partial charge in [-0.15, -0.1) is 0 Å². The van der Waals surface area contributed by atoms with Gasteiger partial charge in [0.25, 0.3) is 0 Å². The lowest BCUT2D eigenvalue weighted by Crippen LogP contribution is -2.06. The van der Waals surface area contributed by atoms with Gasteiger partial charge in [0.2, 0.25) is 7.37 Å². The Labute approximate surface area is 128 Å². The molecule has 120 valence electrons. The second-order valence-corrected chi connectivity index (χ2v) is 8.03. The molecule has 0 radical (unpaired) electrons. The average molecular weight is 312 g/mol. The van der Waals surface area contributed by atoms with Crippen LogP contribution in [0.2, 0.25) is 0 Å². The van der Waals surface area contributed by atoms with Gasteiger partial charge in [-0.05, 0) is 25.0 Å². The summed E-state index contributed by atoms with van der Waals surface area (Å²) in [6.45, 7) is 0.308. The molecule has 1 aromatic rings. The fourth-order valence-electron chi connectivity index (χ4n) is 2.47. The maximum Gasteiger partial charge on any atom is 0.229 e. The number of hydrogen-bond acceptors (Lipinski definition) is 2. The van der Waals surface area contributed by atoms with E-state index in [9.17, 15) is 9.46 Å². The molecule has 0 spiro atoms. The number of aliphatic hydroxyl groups excluding tert-OH is 1. The molecule has 2 N–H and O–H groups in total. The quantitative estimate of drug-likeness (QED) is 0.451. The Hall–Kier alpha value is -0.630. The SMILES string of the molecule is O=P(O)(CCCCCCCCCCCO)c1ccccc1. The van der Waals surface area contributed by atoms with Crippen molar-refractivity contribution in [1.82, 2.24) is 0 Å². The van der Waals surface area contributed by atoms with Crippen molar-refractivity contribution in [1.29, 1.82) is 0 Å². The van der Waals surface area contributed by atoms with Crippen molar-refractivity contribution in [2.45, 2.75) is 57.8 Å². The van der Waals surface area contributed by atoms with E-state index in [1.807, 2.05) is 18.2 Å². The molecular formula is C17H29O3P. The molecule has 1 unspecified atom stereocenters. The van der Waals surface area contributed by atoms with E-state index in [1.54, 1.807) is 12.1 Å². The second-order valence-electron chi connectivity index (χ2n) is 5.67. The van der Waals surface area contributed by atoms with E-state index >= 15 is 0 Å².